The van der Waals surface area contributed by atoms with Crippen LogP contribution in [0.5, 0.6) is 0 Å². The maximum absolute atomic E-state index is 12.7. The smallest absolute Gasteiger partial charge is 0.255 e. The average Bonchev–Trinajstić information content (AvgIpc) is 3.15. The molecule has 3 aromatic rings. The van der Waals surface area contributed by atoms with Crippen molar-refractivity contribution in [1.82, 2.24) is 4.90 Å². The number of carbonyl (C=O) groups is 2. The number of hydrogen-bond donors (Lipinski definition) is 1. The van der Waals surface area contributed by atoms with Crippen LogP contribution in [0.15, 0.2) is 72.8 Å². The minimum atomic E-state index is -0.132. The molecule has 2 amide bonds. The van der Waals surface area contributed by atoms with Crippen LogP contribution in [0.4, 0.5) is 5.69 Å². The molecule has 1 aliphatic heterocycles. The number of nitrogens with zero attached hydrogens (tertiary/aromatic N) is 1. The van der Waals surface area contributed by atoms with Crippen LogP contribution in [-0.2, 0) is 11.2 Å². The van der Waals surface area contributed by atoms with Crippen LogP contribution in [0.25, 0.3) is 0 Å². The Morgan fingerprint density at radius 1 is 1.10 bits per heavy atom. The molecule has 0 unspecified atom stereocenters. The molecule has 0 spiro atoms. The van der Waals surface area contributed by atoms with Crippen molar-refractivity contribution in [1.29, 1.82) is 0 Å². The van der Waals surface area contributed by atoms with E-state index in [0.717, 1.165) is 26.8 Å². The Kier molecular flexibility index (Phi) is 6.97. The highest BCUT2D eigenvalue weighted by atomic mass is 127. The lowest BCUT2D eigenvalue weighted by Crippen LogP contribution is -2.30. The molecule has 0 aliphatic carbocycles. The van der Waals surface area contributed by atoms with Gasteiger partial charge in [-0.1, -0.05) is 42.5 Å². The van der Waals surface area contributed by atoms with Crippen LogP contribution < -0.4 is 5.32 Å². The minimum absolute atomic E-state index is 0.00762. The summed E-state index contributed by atoms with van der Waals surface area (Å²) in [5, 5.41) is 2.98. The zero-order valence-electron chi connectivity index (χ0n) is 17.2. The first-order chi connectivity index (χ1) is 15.0. The Hall–Kier alpha value is -2.32. The van der Waals surface area contributed by atoms with Gasteiger partial charge in [-0.25, -0.2) is 0 Å². The van der Waals surface area contributed by atoms with Crippen LogP contribution >= 0.6 is 34.4 Å². The Labute approximate surface area is 200 Å². The quantitative estimate of drug-likeness (QED) is 0.409. The van der Waals surface area contributed by atoms with E-state index in [-0.39, 0.29) is 17.2 Å². The fourth-order valence-electron chi connectivity index (χ4n) is 3.63. The molecule has 0 bridgehead atoms. The predicted octanol–water partition coefficient (Wildman–Crippen LogP) is 5.67. The summed E-state index contributed by atoms with van der Waals surface area (Å²) in [5.74, 6) is 0.530. The zero-order valence-corrected chi connectivity index (χ0v) is 20.2. The highest BCUT2D eigenvalue weighted by Crippen LogP contribution is 2.38. The van der Waals surface area contributed by atoms with Gasteiger partial charge in [0.05, 0.1) is 5.75 Å². The van der Waals surface area contributed by atoms with Crippen molar-refractivity contribution in [3.63, 3.8) is 0 Å². The molecule has 6 heteroatoms. The first-order valence-corrected chi connectivity index (χ1v) is 12.3. The van der Waals surface area contributed by atoms with Gasteiger partial charge >= 0.3 is 0 Å². The summed E-state index contributed by atoms with van der Waals surface area (Å²) in [5.41, 5.74) is 4.73. The number of amides is 2. The van der Waals surface area contributed by atoms with Gasteiger partial charge in [0.1, 0.15) is 5.37 Å². The van der Waals surface area contributed by atoms with Gasteiger partial charge in [-0.3, -0.25) is 9.59 Å². The third-order valence-corrected chi connectivity index (χ3v) is 7.27. The molecule has 1 heterocycles. The van der Waals surface area contributed by atoms with Crippen molar-refractivity contribution in [2.45, 2.75) is 18.7 Å². The molecule has 31 heavy (non-hydrogen) atoms. The van der Waals surface area contributed by atoms with E-state index in [4.69, 9.17) is 0 Å². The molecular weight excluding hydrogens is 519 g/mol. The Balaban J connectivity index is 1.43. The highest BCUT2D eigenvalue weighted by Gasteiger charge is 2.32. The van der Waals surface area contributed by atoms with Crippen LogP contribution in [0.1, 0.15) is 32.4 Å². The highest BCUT2D eigenvalue weighted by molar-refractivity contribution is 14.1. The molecule has 1 saturated heterocycles. The fourth-order valence-corrected chi connectivity index (χ4v) is 5.49. The molecule has 0 radical (unpaired) electrons. The Morgan fingerprint density at radius 2 is 1.84 bits per heavy atom. The lowest BCUT2D eigenvalue weighted by Gasteiger charge is -2.24. The molecule has 4 rings (SSSR count). The van der Waals surface area contributed by atoms with Gasteiger partial charge in [0.25, 0.3) is 5.91 Å². The number of benzene rings is 3. The molecule has 0 saturated carbocycles. The Morgan fingerprint density at radius 3 is 2.55 bits per heavy atom. The minimum Gasteiger partial charge on any atom is -0.326 e. The van der Waals surface area contributed by atoms with Gasteiger partial charge in [-0.15, -0.1) is 11.8 Å². The number of hydrogen-bond acceptors (Lipinski definition) is 3. The van der Waals surface area contributed by atoms with E-state index in [1.54, 1.807) is 11.8 Å². The van der Waals surface area contributed by atoms with E-state index in [2.05, 4.69) is 40.0 Å². The molecule has 158 valence electrons. The molecule has 3 aromatic carbocycles. The van der Waals surface area contributed by atoms with E-state index >= 15 is 0 Å². The largest absolute Gasteiger partial charge is 0.326 e. The third-order valence-electron chi connectivity index (χ3n) is 5.35. The fraction of sp³-hybridized carbons (Fsp3) is 0.200. The number of halogens is 1. The molecule has 1 aliphatic rings. The summed E-state index contributed by atoms with van der Waals surface area (Å²) >= 11 is 3.90. The first-order valence-electron chi connectivity index (χ1n) is 10.1. The van der Waals surface area contributed by atoms with Crippen molar-refractivity contribution < 1.29 is 9.59 Å². The van der Waals surface area contributed by atoms with E-state index in [1.165, 1.54) is 5.56 Å². The second-order valence-electron chi connectivity index (χ2n) is 7.52. The topological polar surface area (TPSA) is 49.4 Å². The zero-order chi connectivity index (χ0) is 21.8. The monoisotopic (exact) mass is 542 g/mol. The van der Waals surface area contributed by atoms with Gasteiger partial charge < -0.3 is 10.2 Å². The average molecular weight is 542 g/mol. The molecule has 4 nitrogen and oxygen atoms in total. The number of aryl methyl sites for hydroxylation is 1. The van der Waals surface area contributed by atoms with Gasteiger partial charge in [-0.2, -0.15) is 0 Å². The second-order valence-corrected chi connectivity index (χ2v) is 9.84. The number of nitrogens with one attached hydrogen (secondary N) is 1. The van der Waals surface area contributed by atoms with E-state index in [9.17, 15) is 9.59 Å². The van der Waals surface area contributed by atoms with Gasteiger partial charge in [-0.05, 0) is 83.0 Å². The van der Waals surface area contributed by atoms with E-state index in [0.29, 0.717) is 17.9 Å². The van der Waals surface area contributed by atoms with Crippen LogP contribution in [0, 0.1) is 10.5 Å². The van der Waals surface area contributed by atoms with E-state index < -0.39 is 0 Å². The van der Waals surface area contributed by atoms with Crippen molar-refractivity contribution in [3.8, 4) is 0 Å². The summed E-state index contributed by atoms with van der Waals surface area (Å²) < 4.78 is 1.14. The van der Waals surface area contributed by atoms with Crippen molar-refractivity contribution in [2.24, 2.45) is 0 Å². The van der Waals surface area contributed by atoms with E-state index in [1.807, 2.05) is 72.5 Å². The molecule has 1 atom stereocenters. The number of thioether (sulfide) groups is 1. The van der Waals surface area contributed by atoms with Crippen LogP contribution in [0.2, 0.25) is 0 Å². The number of carbonyl (C=O) groups excluding carboxylic acids is 2. The molecule has 1 N–H and O–H groups in total. The molecule has 1 fully saturated rings. The molecular formula is C25H23IN2O2S. The van der Waals surface area contributed by atoms with Crippen molar-refractivity contribution >= 4 is 51.9 Å². The normalized spacial score (nSPS) is 15.9. The number of rotatable bonds is 6. The summed E-state index contributed by atoms with van der Waals surface area (Å²) in [6.45, 7) is 2.67. The van der Waals surface area contributed by atoms with Gasteiger partial charge in [0.2, 0.25) is 5.91 Å². The summed E-state index contributed by atoms with van der Waals surface area (Å²) in [7, 11) is 0. The second kappa shape index (κ2) is 9.87. The SMILES string of the molecule is Cc1cc(I)ccc1NC(=O)c1ccc([C@@H]2SCC(=O)N2CCc2ccccc2)cc1. The third kappa shape index (κ3) is 5.30. The summed E-state index contributed by atoms with van der Waals surface area (Å²) in [4.78, 5) is 27.1. The first kappa shape index (κ1) is 21.9. The van der Waals surface area contributed by atoms with Crippen LogP contribution in [-0.4, -0.2) is 29.0 Å². The van der Waals surface area contributed by atoms with Crippen molar-refractivity contribution in [3.05, 3.63) is 98.6 Å². The number of anilines is 1. The summed E-state index contributed by atoms with van der Waals surface area (Å²) in [6.07, 6.45) is 0.833. The van der Waals surface area contributed by atoms with Crippen molar-refractivity contribution in [2.75, 3.05) is 17.6 Å². The van der Waals surface area contributed by atoms with Gasteiger partial charge in [0.15, 0.2) is 0 Å². The van der Waals surface area contributed by atoms with Gasteiger partial charge in [0, 0.05) is 21.4 Å². The molecule has 0 aromatic heterocycles. The predicted molar refractivity (Wildman–Crippen MR) is 135 cm³/mol. The lowest BCUT2D eigenvalue weighted by atomic mass is 10.1. The maximum atomic E-state index is 12.7. The lowest BCUT2D eigenvalue weighted by molar-refractivity contribution is -0.128. The Bertz CT molecular complexity index is 1090. The maximum Gasteiger partial charge on any atom is 0.255 e. The standard InChI is InChI=1S/C25H23IN2O2S/c1-17-15-21(26)11-12-22(17)27-24(30)19-7-9-20(10-8-19)25-28(23(29)16-31-25)14-13-18-5-3-2-4-6-18/h2-12,15,25H,13-14,16H2,1H3,(H,27,30)/t25-/m0/s1. The summed E-state index contributed by atoms with van der Waals surface area (Å²) in [6, 6.07) is 23.8. The van der Waals surface area contributed by atoms with Crippen LogP contribution in [0.3, 0.4) is 0 Å².